The van der Waals surface area contributed by atoms with Gasteiger partial charge in [-0.3, -0.25) is 4.55 Å². The highest BCUT2D eigenvalue weighted by Crippen LogP contribution is 2.73. The molecule has 6 rings (SSSR count). The van der Waals surface area contributed by atoms with Crippen LogP contribution >= 0.6 is 23.5 Å². The summed E-state index contributed by atoms with van der Waals surface area (Å²) in [6, 6.07) is 4.78. The molecule has 3 saturated carbocycles. The molecule has 2 N–H and O–H groups in total. The van der Waals surface area contributed by atoms with Gasteiger partial charge in [0.2, 0.25) is 0 Å². The number of aliphatic hydroxyl groups is 1. The van der Waals surface area contributed by atoms with Crippen LogP contribution in [0.5, 0.6) is 0 Å². The second-order valence-corrected chi connectivity index (χ2v) is 19.3. The van der Waals surface area contributed by atoms with Crippen LogP contribution in [0.1, 0.15) is 82.8 Å². The van der Waals surface area contributed by atoms with Gasteiger partial charge in [0.25, 0.3) is 10.1 Å². The summed E-state index contributed by atoms with van der Waals surface area (Å²) in [5, 5.41) is 11.4. The summed E-state index contributed by atoms with van der Waals surface area (Å²) in [5.41, 5.74) is -2.21. The van der Waals surface area contributed by atoms with Crippen molar-refractivity contribution in [2.75, 3.05) is 11.5 Å². The first-order chi connectivity index (χ1) is 20.8. The highest BCUT2D eigenvalue weighted by atomic mass is 32.2. The van der Waals surface area contributed by atoms with E-state index in [1.54, 1.807) is 12.1 Å². The zero-order chi connectivity index (χ0) is 32.8. The van der Waals surface area contributed by atoms with E-state index in [4.69, 9.17) is 0 Å². The van der Waals surface area contributed by atoms with Crippen molar-refractivity contribution in [1.29, 1.82) is 0 Å². The summed E-state index contributed by atoms with van der Waals surface area (Å²) in [7, 11) is -4.42. The first-order valence-corrected chi connectivity index (χ1v) is 19.4. The second-order valence-electron chi connectivity index (χ2n) is 14.8. The Morgan fingerprint density at radius 1 is 0.978 bits per heavy atom. The molecule has 4 fully saturated rings. The minimum Gasteiger partial charge on any atom is -0.383 e. The third kappa shape index (κ3) is 5.24. The predicted molar refractivity (Wildman–Crippen MR) is 168 cm³/mol. The van der Waals surface area contributed by atoms with E-state index in [1.807, 2.05) is 30.4 Å². The molecule has 12 heteroatoms. The lowest BCUT2D eigenvalue weighted by Crippen LogP contribution is -2.66. The Balaban J connectivity index is 1.36. The summed E-state index contributed by atoms with van der Waals surface area (Å²) in [5.74, 6) is -3.59. The summed E-state index contributed by atoms with van der Waals surface area (Å²) in [6.07, 6.45) is 0.996. The van der Waals surface area contributed by atoms with E-state index >= 15 is 8.78 Å². The van der Waals surface area contributed by atoms with Crippen molar-refractivity contribution in [3.63, 3.8) is 0 Å². The van der Waals surface area contributed by atoms with Gasteiger partial charge >= 0.3 is 12.1 Å². The van der Waals surface area contributed by atoms with Crippen molar-refractivity contribution in [2.24, 2.45) is 34.5 Å². The molecule has 0 radical (unpaired) electrons. The van der Waals surface area contributed by atoms with Crippen LogP contribution in [0.2, 0.25) is 0 Å². The summed E-state index contributed by atoms with van der Waals surface area (Å²) in [4.78, 5) is -0.130. The van der Waals surface area contributed by atoms with Gasteiger partial charge in [0.05, 0.1) is 8.97 Å². The van der Waals surface area contributed by atoms with E-state index in [0.29, 0.717) is 31.2 Å². The van der Waals surface area contributed by atoms with E-state index in [0.717, 1.165) is 36.3 Å². The quantitative estimate of drug-likeness (QED) is 0.176. The lowest BCUT2D eigenvalue weighted by Gasteiger charge is -2.62. The fourth-order valence-electron chi connectivity index (χ4n) is 10.3. The largest absolute Gasteiger partial charge is 0.456 e. The molecule has 5 aliphatic rings. The zero-order valence-electron chi connectivity index (χ0n) is 25.9. The highest BCUT2D eigenvalue weighted by molar-refractivity contribution is 8.21. The third-order valence-electron chi connectivity index (χ3n) is 12.6. The van der Waals surface area contributed by atoms with Gasteiger partial charge in [-0.05, 0) is 112 Å². The molecule has 5 unspecified atom stereocenters. The maximum absolute atomic E-state index is 15.2. The maximum Gasteiger partial charge on any atom is 0.456 e. The van der Waals surface area contributed by atoms with Gasteiger partial charge in [0, 0.05) is 16.9 Å². The maximum atomic E-state index is 15.2. The Hall–Kier alpha value is -0.820. The van der Waals surface area contributed by atoms with Gasteiger partial charge in [-0.25, -0.2) is 0 Å². The van der Waals surface area contributed by atoms with E-state index < -0.39 is 45.6 Å². The average Bonchev–Trinajstić information content (AvgIpc) is 3.51. The predicted octanol–water partition coefficient (Wildman–Crippen LogP) is 8.86. The minimum atomic E-state index is -5.85. The Kier molecular flexibility index (Phi) is 8.40. The standard InChI is InChI=1S/C33H43F5O4S3/c1-20-7-8-26(45(40,41)42)21(17-20)5-4-6-22-18-23-19-30(43-15-16-44-30)14-13-28(23,2)24-9-11-29(3)25(27(22)24)10-12-31(29,39)32(34,35)33(36,37)38/h7-8,17,19,22,24-25,27,39H,4-6,9-16,18H2,1-3H3,(H,40,41,42)/t22?,24?,25?,27?,28-,29-,31?/m0/s1. The number of halogens is 5. The first kappa shape index (κ1) is 34.1. The molecule has 4 nitrogen and oxygen atoms in total. The smallest absolute Gasteiger partial charge is 0.383 e. The monoisotopic (exact) mass is 694 g/mol. The van der Waals surface area contributed by atoms with Gasteiger partial charge in [0.15, 0.2) is 0 Å². The van der Waals surface area contributed by atoms with Crippen molar-refractivity contribution >= 4 is 33.6 Å². The van der Waals surface area contributed by atoms with E-state index in [9.17, 15) is 31.2 Å². The number of alkyl halides is 5. The number of hydrogen-bond donors (Lipinski definition) is 2. The van der Waals surface area contributed by atoms with Crippen molar-refractivity contribution in [2.45, 2.75) is 112 Å². The van der Waals surface area contributed by atoms with Crippen LogP contribution in [0.4, 0.5) is 22.0 Å². The number of thioether (sulfide) groups is 2. The molecule has 1 saturated heterocycles. The fraction of sp³-hybridized carbons (Fsp3) is 0.758. The van der Waals surface area contributed by atoms with Crippen LogP contribution < -0.4 is 0 Å². The summed E-state index contributed by atoms with van der Waals surface area (Å²) in [6.45, 7) is 5.58. The lowest BCUT2D eigenvalue weighted by atomic mass is 9.43. The molecule has 4 aliphatic carbocycles. The number of fused-ring (bicyclic) bond motifs is 5. The molecule has 252 valence electrons. The van der Waals surface area contributed by atoms with E-state index in [2.05, 4.69) is 13.0 Å². The molecule has 0 aromatic heterocycles. The highest BCUT2D eigenvalue weighted by Gasteiger charge is 2.79. The molecule has 1 heterocycles. The zero-order valence-corrected chi connectivity index (χ0v) is 28.4. The van der Waals surface area contributed by atoms with Crippen LogP contribution in [0.3, 0.4) is 0 Å². The second kappa shape index (κ2) is 11.1. The molecule has 1 spiro atoms. The van der Waals surface area contributed by atoms with Crippen molar-refractivity contribution in [3.05, 3.63) is 41.0 Å². The molecular formula is C33H43F5O4S3. The van der Waals surface area contributed by atoms with Crippen molar-refractivity contribution in [3.8, 4) is 0 Å². The van der Waals surface area contributed by atoms with Crippen LogP contribution in [0.25, 0.3) is 0 Å². The third-order valence-corrected chi connectivity index (χ3v) is 17.0. The van der Waals surface area contributed by atoms with E-state index in [-0.39, 0.29) is 45.0 Å². The number of allylic oxidation sites excluding steroid dienone is 1. The number of rotatable bonds is 6. The molecule has 1 aliphatic heterocycles. The Morgan fingerprint density at radius 2 is 1.64 bits per heavy atom. The normalized spacial score (nSPS) is 38.0. The number of hydrogen-bond acceptors (Lipinski definition) is 5. The van der Waals surface area contributed by atoms with E-state index in [1.165, 1.54) is 18.6 Å². The minimum absolute atomic E-state index is 0.00800. The van der Waals surface area contributed by atoms with Crippen LogP contribution in [-0.2, 0) is 16.5 Å². The first-order valence-electron chi connectivity index (χ1n) is 16.0. The fourth-order valence-corrected chi connectivity index (χ4v) is 14.2. The van der Waals surface area contributed by atoms with Crippen LogP contribution in [-0.4, -0.2) is 51.4 Å². The SMILES string of the molecule is Cc1ccc(S(=O)(=O)O)c(CCCC2CC3=CC4(CC[C@]3(C)C3CC[C@@]5(C)C(CCC5(O)C(F)(F)C(F)(F)F)C23)SCCS4)c1. The molecule has 0 amide bonds. The van der Waals surface area contributed by atoms with Gasteiger partial charge in [-0.2, -0.15) is 30.4 Å². The van der Waals surface area contributed by atoms with Crippen molar-refractivity contribution in [1.82, 2.24) is 0 Å². The van der Waals surface area contributed by atoms with Gasteiger partial charge in [0.1, 0.15) is 5.60 Å². The molecular weight excluding hydrogens is 652 g/mol. The van der Waals surface area contributed by atoms with Crippen LogP contribution in [0, 0.1) is 41.4 Å². The number of benzene rings is 1. The summed E-state index contributed by atoms with van der Waals surface area (Å²) >= 11 is 3.95. The van der Waals surface area contributed by atoms with Gasteiger partial charge in [-0.15, -0.1) is 23.5 Å². The summed E-state index contributed by atoms with van der Waals surface area (Å²) < 4.78 is 106. The molecule has 7 atom stereocenters. The van der Waals surface area contributed by atoms with Crippen molar-refractivity contribution < 1.29 is 40.0 Å². The Labute approximate surface area is 271 Å². The molecule has 0 bridgehead atoms. The molecule has 1 aromatic carbocycles. The molecule has 1 aromatic rings. The molecule has 45 heavy (non-hydrogen) atoms. The number of aryl methyl sites for hydroxylation is 2. The van der Waals surface area contributed by atoms with Crippen LogP contribution in [0.15, 0.2) is 34.7 Å². The Bertz CT molecular complexity index is 1470. The average molecular weight is 695 g/mol. The Morgan fingerprint density at radius 3 is 2.29 bits per heavy atom. The lowest BCUT2D eigenvalue weighted by molar-refractivity contribution is -0.364. The topological polar surface area (TPSA) is 74.6 Å². The van der Waals surface area contributed by atoms with Gasteiger partial charge in [-0.1, -0.05) is 43.2 Å². The van der Waals surface area contributed by atoms with Gasteiger partial charge < -0.3 is 5.11 Å².